The van der Waals surface area contributed by atoms with Gasteiger partial charge < -0.3 is 9.47 Å². The molecule has 2 rings (SSSR count). The van der Waals surface area contributed by atoms with Crippen LogP contribution in [0.1, 0.15) is 45.4 Å². The minimum Gasteiger partial charge on any atom is -0.463 e. The van der Waals surface area contributed by atoms with Crippen LogP contribution in [0, 0.1) is 12.3 Å². The zero-order valence-electron chi connectivity index (χ0n) is 13.3. The Morgan fingerprint density at radius 2 is 2.09 bits per heavy atom. The number of H-pyrrole nitrogens is 1. The molecule has 1 saturated heterocycles. The molecule has 1 aromatic heterocycles. The molecule has 0 aliphatic carbocycles. The summed E-state index contributed by atoms with van der Waals surface area (Å²) in [7, 11) is 0. The van der Waals surface area contributed by atoms with E-state index >= 15 is 0 Å². The van der Waals surface area contributed by atoms with Gasteiger partial charge in [0.25, 0.3) is 5.56 Å². The number of ether oxygens (including phenoxy) is 2. The van der Waals surface area contributed by atoms with Crippen LogP contribution in [0.15, 0.2) is 15.8 Å². The minimum atomic E-state index is -0.551. The highest BCUT2D eigenvalue weighted by molar-refractivity contribution is 5.75. The largest absolute Gasteiger partial charge is 0.463 e. The molecule has 2 atom stereocenters. The normalized spacial score (nSPS) is 21.8. The maximum atomic E-state index is 11.8. The Hall–Kier alpha value is -1.89. The molecule has 2 unspecified atom stereocenters. The predicted octanol–water partition coefficient (Wildman–Crippen LogP) is 1.11. The van der Waals surface area contributed by atoms with E-state index in [-0.39, 0.29) is 18.7 Å². The molecule has 0 aromatic carbocycles. The number of carbonyl (C=O) groups is 1. The van der Waals surface area contributed by atoms with Gasteiger partial charge in [-0.15, -0.1) is 0 Å². The molecular formula is C15H22N2O5. The second-order valence-electron chi connectivity index (χ2n) is 6.62. The van der Waals surface area contributed by atoms with E-state index in [9.17, 15) is 14.4 Å². The topological polar surface area (TPSA) is 90.4 Å². The van der Waals surface area contributed by atoms with E-state index < -0.39 is 22.9 Å². The van der Waals surface area contributed by atoms with Crippen molar-refractivity contribution < 1.29 is 14.3 Å². The minimum absolute atomic E-state index is 0.170. The lowest BCUT2D eigenvalue weighted by Gasteiger charge is -2.19. The second-order valence-corrected chi connectivity index (χ2v) is 6.62. The Labute approximate surface area is 128 Å². The summed E-state index contributed by atoms with van der Waals surface area (Å²) in [6, 6.07) is 0. The zero-order valence-corrected chi connectivity index (χ0v) is 13.3. The van der Waals surface area contributed by atoms with Gasteiger partial charge in [0.15, 0.2) is 0 Å². The molecule has 1 aliphatic rings. The van der Waals surface area contributed by atoms with Gasteiger partial charge in [-0.05, 0) is 40.5 Å². The molecule has 7 nitrogen and oxygen atoms in total. The number of nitrogens with zero attached hydrogens (tertiary/aromatic N) is 1. The lowest BCUT2D eigenvalue weighted by Crippen LogP contribution is -2.33. The molecular weight excluding hydrogens is 288 g/mol. The SMILES string of the molecule is Cc1cn(C2CCC(COC(=O)C(C)(C)C)O2)c(=O)[nH]c1=O. The Kier molecular flexibility index (Phi) is 4.55. The van der Waals surface area contributed by atoms with Crippen molar-refractivity contribution in [2.45, 2.75) is 52.9 Å². The maximum absolute atomic E-state index is 11.8. The molecule has 122 valence electrons. The zero-order chi connectivity index (χ0) is 16.5. The molecule has 0 spiro atoms. The number of esters is 1. The first-order valence-corrected chi connectivity index (χ1v) is 7.33. The number of carbonyl (C=O) groups excluding carboxylic acids is 1. The molecule has 1 N–H and O–H groups in total. The molecule has 7 heteroatoms. The van der Waals surface area contributed by atoms with Gasteiger partial charge in [0, 0.05) is 11.8 Å². The predicted molar refractivity (Wildman–Crippen MR) is 79.6 cm³/mol. The fraction of sp³-hybridized carbons (Fsp3) is 0.667. The van der Waals surface area contributed by atoms with Gasteiger partial charge in [-0.3, -0.25) is 19.1 Å². The van der Waals surface area contributed by atoms with Crippen molar-refractivity contribution in [1.82, 2.24) is 9.55 Å². The van der Waals surface area contributed by atoms with E-state index in [0.717, 1.165) is 0 Å². The summed E-state index contributed by atoms with van der Waals surface area (Å²) < 4.78 is 12.4. The van der Waals surface area contributed by atoms with Crippen LogP contribution in [0.4, 0.5) is 0 Å². The fourth-order valence-corrected chi connectivity index (χ4v) is 2.20. The third-order valence-corrected chi connectivity index (χ3v) is 3.55. The number of aromatic amines is 1. The molecule has 1 aliphatic heterocycles. The van der Waals surface area contributed by atoms with Crippen molar-refractivity contribution in [3.63, 3.8) is 0 Å². The molecule has 1 fully saturated rings. The van der Waals surface area contributed by atoms with E-state index in [1.54, 1.807) is 27.7 Å². The van der Waals surface area contributed by atoms with Crippen LogP contribution >= 0.6 is 0 Å². The molecule has 0 saturated carbocycles. The number of rotatable bonds is 3. The quantitative estimate of drug-likeness (QED) is 0.845. The molecule has 2 heterocycles. The van der Waals surface area contributed by atoms with Gasteiger partial charge >= 0.3 is 11.7 Å². The van der Waals surface area contributed by atoms with E-state index in [1.165, 1.54) is 10.8 Å². The first-order valence-electron chi connectivity index (χ1n) is 7.33. The molecule has 0 bridgehead atoms. The van der Waals surface area contributed by atoms with Gasteiger partial charge in [0.05, 0.1) is 11.5 Å². The van der Waals surface area contributed by atoms with Crippen LogP contribution in [-0.2, 0) is 14.3 Å². The van der Waals surface area contributed by atoms with Gasteiger partial charge in [-0.1, -0.05) is 0 Å². The third-order valence-electron chi connectivity index (χ3n) is 3.55. The molecule has 0 amide bonds. The number of nitrogens with one attached hydrogen (secondary N) is 1. The molecule has 22 heavy (non-hydrogen) atoms. The van der Waals surface area contributed by atoms with Crippen LogP contribution in [0.25, 0.3) is 0 Å². The fourth-order valence-electron chi connectivity index (χ4n) is 2.20. The number of aryl methyl sites for hydroxylation is 1. The highest BCUT2D eigenvalue weighted by Crippen LogP contribution is 2.27. The highest BCUT2D eigenvalue weighted by Gasteiger charge is 2.30. The lowest BCUT2D eigenvalue weighted by molar-refractivity contribution is -0.157. The van der Waals surface area contributed by atoms with Crippen LogP contribution < -0.4 is 11.2 Å². The highest BCUT2D eigenvalue weighted by atomic mass is 16.6. The lowest BCUT2D eigenvalue weighted by atomic mass is 9.97. The van der Waals surface area contributed by atoms with E-state index in [4.69, 9.17) is 9.47 Å². The Morgan fingerprint density at radius 3 is 2.73 bits per heavy atom. The van der Waals surface area contributed by atoms with Crippen LogP contribution in [0.5, 0.6) is 0 Å². The van der Waals surface area contributed by atoms with Gasteiger partial charge in [0.1, 0.15) is 12.8 Å². The summed E-state index contributed by atoms with van der Waals surface area (Å²) in [6.45, 7) is 7.17. The van der Waals surface area contributed by atoms with Crippen molar-refractivity contribution in [3.05, 3.63) is 32.6 Å². The molecule has 1 aromatic rings. The standard InChI is InChI=1S/C15H22N2O5/c1-9-7-17(14(20)16-12(9)18)11-6-5-10(22-11)8-21-13(19)15(2,3)4/h7,10-11H,5-6,8H2,1-4H3,(H,16,18,20). The van der Waals surface area contributed by atoms with Crippen LogP contribution in [0.2, 0.25) is 0 Å². The third kappa shape index (κ3) is 3.65. The Bertz CT molecular complexity index is 668. The number of hydrogen-bond donors (Lipinski definition) is 1. The number of aromatic nitrogens is 2. The summed E-state index contributed by atoms with van der Waals surface area (Å²) in [6.07, 6.45) is 2.13. The Morgan fingerprint density at radius 1 is 1.41 bits per heavy atom. The summed E-state index contributed by atoms with van der Waals surface area (Å²) in [5.41, 5.74) is -0.987. The van der Waals surface area contributed by atoms with E-state index in [1.807, 2.05) is 0 Å². The average Bonchev–Trinajstić information content (AvgIpc) is 2.87. The number of hydrogen-bond acceptors (Lipinski definition) is 5. The molecule has 0 radical (unpaired) electrons. The average molecular weight is 310 g/mol. The van der Waals surface area contributed by atoms with E-state index in [0.29, 0.717) is 18.4 Å². The van der Waals surface area contributed by atoms with Crippen molar-refractivity contribution in [2.24, 2.45) is 5.41 Å². The summed E-state index contributed by atoms with van der Waals surface area (Å²) in [5, 5.41) is 0. The smallest absolute Gasteiger partial charge is 0.330 e. The summed E-state index contributed by atoms with van der Waals surface area (Å²) in [4.78, 5) is 37.2. The second kappa shape index (κ2) is 6.08. The maximum Gasteiger partial charge on any atom is 0.330 e. The van der Waals surface area contributed by atoms with Gasteiger partial charge in [-0.25, -0.2) is 4.79 Å². The van der Waals surface area contributed by atoms with E-state index in [2.05, 4.69) is 4.98 Å². The van der Waals surface area contributed by atoms with Crippen molar-refractivity contribution in [2.75, 3.05) is 6.61 Å². The summed E-state index contributed by atoms with van der Waals surface area (Å²) >= 11 is 0. The van der Waals surface area contributed by atoms with Crippen LogP contribution in [0.3, 0.4) is 0 Å². The van der Waals surface area contributed by atoms with Crippen molar-refractivity contribution >= 4 is 5.97 Å². The first-order chi connectivity index (χ1) is 10.2. The van der Waals surface area contributed by atoms with Gasteiger partial charge in [-0.2, -0.15) is 0 Å². The van der Waals surface area contributed by atoms with Crippen molar-refractivity contribution in [1.29, 1.82) is 0 Å². The van der Waals surface area contributed by atoms with Crippen LogP contribution in [-0.4, -0.2) is 28.2 Å². The summed E-state index contributed by atoms with van der Waals surface area (Å²) in [5.74, 6) is -0.281. The van der Waals surface area contributed by atoms with Gasteiger partial charge in [0.2, 0.25) is 0 Å². The monoisotopic (exact) mass is 310 g/mol. The Balaban J connectivity index is 1.99. The first kappa shape index (κ1) is 16.5. The van der Waals surface area contributed by atoms with Crippen molar-refractivity contribution in [3.8, 4) is 0 Å².